The van der Waals surface area contributed by atoms with Gasteiger partial charge in [0, 0.05) is 51.4 Å². The average molecular weight is 379 g/mol. The van der Waals surface area contributed by atoms with Crippen LogP contribution in [-0.2, 0) is 28.5 Å². The summed E-state index contributed by atoms with van der Waals surface area (Å²) in [6.07, 6.45) is 2.22. The molecule has 0 N–H and O–H groups in total. The summed E-state index contributed by atoms with van der Waals surface area (Å²) < 4.78 is 20.6. The molecule has 0 bridgehead atoms. The minimum atomic E-state index is -0.534. The van der Waals surface area contributed by atoms with Crippen molar-refractivity contribution in [3.63, 3.8) is 0 Å². The highest BCUT2D eigenvalue weighted by atomic mass is 35.5. The molecule has 0 aliphatic carbocycles. The SMILES string of the molecule is Cl.O=C(/C=C/C(=O)OCCN1CCOCC1)OCCN1CCOCC1. The Morgan fingerprint density at radius 3 is 1.48 bits per heavy atom. The van der Waals surface area contributed by atoms with Gasteiger partial charge in [0.05, 0.1) is 26.4 Å². The molecular formula is C16H27ClN2O6. The van der Waals surface area contributed by atoms with Gasteiger partial charge in [-0.15, -0.1) is 12.4 Å². The molecule has 0 unspecified atom stereocenters. The summed E-state index contributed by atoms with van der Waals surface area (Å²) in [6.45, 7) is 8.20. The van der Waals surface area contributed by atoms with Crippen molar-refractivity contribution in [3.05, 3.63) is 12.2 Å². The molecule has 0 saturated carbocycles. The van der Waals surface area contributed by atoms with Crippen molar-refractivity contribution in [2.24, 2.45) is 0 Å². The van der Waals surface area contributed by atoms with Crippen LogP contribution in [0.5, 0.6) is 0 Å². The molecule has 2 saturated heterocycles. The third-order valence-corrected chi connectivity index (χ3v) is 3.87. The van der Waals surface area contributed by atoms with Crippen molar-refractivity contribution >= 4 is 24.3 Å². The van der Waals surface area contributed by atoms with Crippen molar-refractivity contribution < 1.29 is 28.5 Å². The Kier molecular flexibility index (Phi) is 11.4. The van der Waals surface area contributed by atoms with Gasteiger partial charge in [-0.1, -0.05) is 0 Å². The standard InChI is InChI=1S/C16H26N2O6.ClH/c19-15(23-13-7-17-3-9-21-10-4-17)1-2-16(20)24-14-8-18-5-11-22-12-6-18;/h1-2H,3-14H2;1H/b2-1+;. The Bertz CT molecular complexity index is 385. The highest BCUT2D eigenvalue weighted by Crippen LogP contribution is 1.97. The second-order valence-electron chi connectivity index (χ2n) is 5.58. The van der Waals surface area contributed by atoms with E-state index in [1.54, 1.807) is 0 Å². The molecule has 144 valence electrons. The molecule has 2 rings (SSSR count). The first-order valence-corrected chi connectivity index (χ1v) is 8.36. The van der Waals surface area contributed by atoms with Crippen molar-refractivity contribution in [1.29, 1.82) is 0 Å². The van der Waals surface area contributed by atoms with Gasteiger partial charge in [0.2, 0.25) is 0 Å². The minimum Gasteiger partial charge on any atom is -0.461 e. The third kappa shape index (κ3) is 9.76. The predicted molar refractivity (Wildman–Crippen MR) is 92.8 cm³/mol. The van der Waals surface area contributed by atoms with E-state index in [4.69, 9.17) is 18.9 Å². The topological polar surface area (TPSA) is 77.5 Å². The number of carbonyl (C=O) groups excluding carboxylic acids is 2. The molecule has 0 aromatic carbocycles. The summed E-state index contributed by atoms with van der Waals surface area (Å²) in [5.41, 5.74) is 0. The molecule has 25 heavy (non-hydrogen) atoms. The number of morpholine rings is 2. The van der Waals surface area contributed by atoms with Gasteiger partial charge in [0.25, 0.3) is 0 Å². The smallest absolute Gasteiger partial charge is 0.331 e. The van der Waals surface area contributed by atoms with E-state index in [0.717, 1.165) is 38.3 Å². The Hall–Kier alpha value is -1.19. The Labute approximate surface area is 154 Å². The first-order valence-electron chi connectivity index (χ1n) is 8.36. The first-order chi connectivity index (χ1) is 11.7. The van der Waals surface area contributed by atoms with Crippen molar-refractivity contribution in [2.75, 3.05) is 78.9 Å². The zero-order chi connectivity index (χ0) is 17.0. The fraction of sp³-hybridized carbons (Fsp3) is 0.750. The molecule has 0 atom stereocenters. The maximum Gasteiger partial charge on any atom is 0.331 e. The number of esters is 2. The number of carbonyl (C=O) groups is 2. The normalized spacial score (nSPS) is 19.4. The Balaban J connectivity index is 0.00000312. The van der Waals surface area contributed by atoms with Crippen molar-refractivity contribution in [1.82, 2.24) is 9.80 Å². The average Bonchev–Trinajstić information content (AvgIpc) is 2.62. The van der Waals surface area contributed by atoms with Gasteiger partial charge in [-0.05, 0) is 0 Å². The van der Waals surface area contributed by atoms with Crippen LogP contribution < -0.4 is 0 Å². The van der Waals surface area contributed by atoms with Crippen LogP contribution in [-0.4, -0.2) is 101 Å². The van der Waals surface area contributed by atoms with Crippen LogP contribution in [0.4, 0.5) is 0 Å². The molecular weight excluding hydrogens is 352 g/mol. The molecule has 2 fully saturated rings. The van der Waals surface area contributed by atoms with Crippen LogP contribution >= 0.6 is 12.4 Å². The van der Waals surface area contributed by atoms with Gasteiger partial charge >= 0.3 is 11.9 Å². The fourth-order valence-electron chi connectivity index (χ4n) is 2.43. The van der Waals surface area contributed by atoms with Gasteiger partial charge < -0.3 is 18.9 Å². The third-order valence-electron chi connectivity index (χ3n) is 3.87. The second-order valence-corrected chi connectivity index (χ2v) is 5.58. The van der Waals surface area contributed by atoms with E-state index in [2.05, 4.69) is 9.80 Å². The fourth-order valence-corrected chi connectivity index (χ4v) is 2.43. The Morgan fingerprint density at radius 1 is 0.760 bits per heavy atom. The second kappa shape index (κ2) is 13.1. The summed E-state index contributed by atoms with van der Waals surface area (Å²) in [4.78, 5) is 27.4. The zero-order valence-electron chi connectivity index (χ0n) is 14.4. The predicted octanol–water partition coefficient (Wildman–Crippen LogP) is -0.285. The number of ether oxygens (including phenoxy) is 4. The van der Waals surface area contributed by atoms with Crippen LogP contribution in [0.1, 0.15) is 0 Å². The number of hydrogen-bond acceptors (Lipinski definition) is 8. The molecule has 8 nitrogen and oxygen atoms in total. The van der Waals surface area contributed by atoms with Gasteiger partial charge in [0.1, 0.15) is 13.2 Å². The first kappa shape index (κ1) is 21.9. The summed E-state index contributed by atoms with van der Waals surface area (Å²) in [6, 6.07) is 0. The molecule has 9 heteroatoms. The maximum absolute atomic E-state index is 11.5. The summed E-state index contributed by atoms with van der Waals surface area (Å²) in [5, 5.41) is 0. The van der Waals surface area contributed by atoms with Gasteiger partial charge in [-0.25, -0.2) is 9.59 Å². The quantitative estimate of drug-likeness (QED) is 0.421. The summed E-state index contributed by atoms with van der Waals surface area (Å²) >= 11 is 0. The molecule has 0 amide bonds. The van der Waals surface area contributed by atoms with E-state index < -0.39 is 11.9 Å². The molecule has 0 spiro atoms. The molecule has 2 aliphatic heterocycles. The van der Waals surface area contributed by atoms with Crippen LogP contribution in [0.15, 0.2) is 12.2 Å². The molecule has 0 radical (unpaired) electrons. The van der Waals surface area contributed by atoms with E-state index in [9.17, 15) is 9.59 Å². The van der Waals surface area contributed by atoms with E-state index in [-0.39, 0.29) is 12.4 Å². The highest BCUT2D eigenvalue weighted by Gasteiger charge is 2.11. The van der Waals surface area contributed by atoms with Crippen LogP contribution in [0.2, 0.25) is 0 Å². The molecule has 0 aromatic heterocycles. The van der Waals surface area contributed by atoms with Crippen LogP contribution in [0, 0.1) is 0 Å². The minimum absolute atomic E-state index is 0. The van der Waals surface area contributed by atoms with Crippen molar-refractivity contribution in [2.45, 2.75) is 0 Å². The highest BCUT2D eigenvalue weighted by molar-refractivity contribution is 5.91. The number of nitrogens with zero attached hydrogens (tertiary/aromatic N) is 2. The number of rotatable bonds is 8. The van der Waals surface area contributed by atoms with E-state index >= 15 is 0 Å². The van der Waals surface area contributed by atoms with E-state index in [1.807, 2.05) is 0 Å². The van der Waals surface area contributed by atoms with Gasteiger partial charge in [0.15, 0.2) is 0 Å². The summed E-state index contributed by atoms with van der Waals surface area (Å²) in [5.74, 6) is -1.07. The molecule has 2 aliphatic rings. The number of hydrogen-bond donors (Lipinski definition) is 0. The monoisotopic (exact) mass is 378 g/mol. The van der Waals surface area contributed by atoms with Crippen LogP contribution in [0.25, 0.3) is 0 Å². The largest absolute Gasteiger partial charge is 0.461 e. The van der Waals surface area contributed by atoms with Crippen LogP contribution in [0.3, 0.4) is 0 Å². The molecule has 0 aromatic rings. The van der Waals surface area contributed by atoms with Crippen molar-refractivity contribution in [3.8, 4) is 0 Å². The molecule has 2 heterocycles. The number of halogens is 1. The van der Waals surface area contributed by atoms with E-state index in [0.29, 0.717) is 52.7 Å². The lowest BCUT2D eigenvalue weighted by Crippen LogP contribution is -2.38. The van der Waals surface area contributed by atoms with E-state index in [1.165, 1.54) is 0 Å². The Morgan fingerprint density at radius 2 is 1.12 bits per heavy atom. The lowest BCUT2D eigenvalue weighted by atomic mass is 10.4. The lowest BCUT2D eigenvalue weighted by molar-refractivity contribution is -0.141. The van der Waals surface area contributed by atoms with Gasteiger partial charge in [-0.2, -0.15) is 0 Å². The lowest BCUT2D eigenvalue weighted by Gasteiger charge is -2.26. The summed E-state index contributed by atoms with van der Waals surface area (Å²) in [7, 11) is 0. The maximum atomic E-state index is 11.5. The van der Waals surface area contributed by atoms with Gasteiger partial charge in [-0.3, -0.25) is 9.80 Å². The zero-order valence-corrected chi connectivity index (χ0v) is 15.2.